The molecule has 0 aromatic heterocycles. The van der Waals surface area contributed by atoms with Gasteiger partial charge in [0.2, 0.25) is 0 Å². The molecule has 0 spiro atoms. The van der Waals surface area contributed by atoms with E-state index in [0.29, 0.717) is 6.61 Å². The highest BCUT2D eigenvalue weighted by Gasteiger charge is 2.23. The number of aliphatic hydroxyl groups excluding tert-OH is 1. The SMILES string of the molecule is Cc1cc(C(O)C2CCCOC2)ccc1Br. The Morgan fingerprint density at radius 3 is 2.94 bits per heavy atom. The Morgan fingerprint density at radius 1 is 1.50 bits per heavy atom. The van der Waals surface area contributed by atoms with Crippen molar-refractivity contribution in [1.82, 2.24) is 0 Å². The average Bonchev–Trinajstić information content (AvgIpc) is 2.33. The lowest BCUT2D eigenvalue weighted by atomic mass is 9.90. The molecule has 0 radical (unpaired) electrons. The summed E-state index contributed by atoms with van der Waals surface area (Å²) in [6.07, 6.45) is 1.71. The molecule has 0 bridgehead atoms. The van der Waals surface area contributed by atoms with Crippen molar-refractivity contribution in [2.24, 2.45) is 5.92 Å². The molecular formula is C13H17BrO2. The standard InChI is InChI=1S/C13H17BrO2/c1-9-7-10(4-5-12(9)14)13(15)11-3-2-6-16-8-11/h4-5,7,11,13,15H,2-3,6,8H2,1H3. The van der Waals surface area contributed by atoms with Gasteiger partial charge < -0.3 is 9.84 Å². The van der Waals surface area contributed by atoms with E-state index in [-0.39, 0.29) is 5.92 Å². The van der Waals surface area contributed by atoms with Gasteiger partial charge in [-0.25, -0.2) is 0 Å². The van der Waals surface area contributed by atoms with Crippen molar-refractivity contribution in [3.8, 4) is 0 Å². The van der Waals surface area contributed by atoms with Gasteiger partial charge in [0.25, 0.3) is 0 Å². The van der Waals surface area contributed by atoms with Crippen LogP contribution in [-0.2, 0) is 4.74 Å². The van der Waals surface area contributed by atoms with Crippen molar-refractivity contribution in [1.29, 1.82) is 0 Å². The third-order valence-corrected chi connectivity index (χ3v) is 4.06. The van der Waals surface area contributed by atoms with Crippen LogP contribution in [-0.4, -0.2) is 18.3 Å². The van der Waals surface area contributed by atoms with Crippen LogP contribution in [0.5, 0.6) is 0 Å². The molecule has 1 heterocycles. The van der Waals surface area contributed by atoms with E-state index < -0.39 is 6.10 Å². The van der Waals surface area contributed by atoms with Gasteiger partial charge in [0, 0.05) is 17.0 Å². The molecule has 2 rings (SSSR count). The lowest BCUT2D eigenvalue weighted by molar-refractivity contribution is -0.00998. The maximum absolute atomic E-state index is 10.3. The number of benzene rings is 1. The lowest BCUT2D eigenvalue weighted by Gasteiger charge is -2.27. The molecule has 1 aromatic rings. The van der Waals surface area contributed by atoms with E-state index in [9.17, 15) is 5.11 Å². The predicted molar refractivity (Wildman–Crippen MR) is 67.4 cm³/mol. The van der Waals surface area contributed by atoms with Crippen LogP contribution in [0.25, 0.3) is 0 Å². The summed E-state index contributed by atoms with van der Waals surface area (Å²) in [7, 11) is 0. The van der Waals surface area contributed by atoms with Crippen LogP contribution in [0.4, 0.5) is 0 Å². The molecule has 16 heavy (non-hydrogen) atoms. The predicted octanol–water partition coefficient (Wildman–Crippen LogP) is 3.22. The maximum atomic E-state index is 10.3. The van der Waals surface area contributed by atoms with Gasteiger partial charge in [-0.1, -0.05) is 28.1 Å². The van der Waals surface area contributed by atoms with Gasteiger partial charge in [0.1, 0.15) is 0 Å². The first-order valence-corrected chi connectivity index (χ1v) is 6.49. The van der Waals surface area contributed by atoms with E-state index in [1.54, 1.807) is 0 Å². The quantitative estimate of drug-likeness (QED) is 0.904. The van der Waals surface area contributed by atoms with Crippen LogP contribution in [0.1, 0.15) is 30.1 Å². The van der Waals surface area contributed by atoms with Crippen molar-refractivity contribution in [2.45, 2.75) is 25.9 Å². The summed E-state index contributed by atoms with van der Waals surface area (Å²) in [5.74, 6) is 0.245. The van der Waals surface area contributed by atoms with Gasteiger partial charge in [-0.3, -0.25) is 0 Å². The Morgan fingerprint density at radius 2 is 2.31 bits per heavy atom. The number of aliphatic hydroxyl groups is 1. The summed E-state index contributed by atoms with van der Waals surface area (Å²) in [5, 5.41) is 10.3. The Labute approximate surface area is 105 Å². The second kappa shape index (κ2) is 5.30. The van der Waals surface area contributed by atoms with Crippen molar-refractivity contribution in [2.75, 3.05) is 13.2 Å². The molecule has 2 unspecified atom stereocenters. The molecule has 1 saturated heterocycles. The number of aryl methyl sites for hydroxylation is 1. The minimum Gasteiger partial charge on any atom is -0.388 e. The number of hydrogen-bond acceptors (Lipinski definition) is 2. The van der Waals surface area contributed by atoms with E-state index in [2.05, 4.69) is 15.9 Å². The Kier molecular flexibility index (Phi) is 4.00. The second-order valence-corrected chi connectivity index (χ2v) is 5.29. The van der Waals surface area contributed by atoms with E-state index in [1.165, 1.54) is 0 Å². The highest BCUT2D eigenvalue weighted by atomic mass is 79.9. The summed E-state index contributed by atoms with van der Waals surface area (Å²) in [6, 6.07) is 6.03. The lowest BCUT2D eigenvalue weighted by Crippen LogP contribution is -2.23. The first-order valence-electron chi connectivity index (χ1n) is 5.70. The highest BCUT2D eigenvalue weighted by molar-refractivity contribution is 9.10. The summed E-state index contributed by atoms with van der Waals surface area (Å²) >= 11 is 3.47. The molecule has 1 aliphatic heterocycles. The van der Waals surface area contributed by atoms with Crippen LogP contribution in [0.15, 0.2) is 22.7 Å². The summed E-state index contributed by atoms with van der Waals surface area (Å²) in [6.45, 7) is 3.55. The number of rotatable bonds is 2. The second-order valence-electron chi connectivity index (χ2n) is 4.43. The molecule has 3 heteroatoms. The zero-order valence-electron chi connectivity index (χ0n) is 9.45. The molecule has 1 aromatic carbocycles. The van der Waals surface area contributed by atoms with Crippen LogP contribution in [0.2, 0.25) is 0 Å². The highest BCUT2D eigenvalue weighted by Crippen LogP contribution is 2.30. The van der Waals surface area contributed by atoms with Gasteiger partial charge >= 0.3 is 0 Å². The fourth-order valence-corrected chi connectivity index (χ4v) is 2.39. The van der Waals surface area contributed by atoms with Gasteiger partial charge in [-0.15, -0.1) is 0 Å². The van der Waals surface area contributed by atoms with Crippen LogP contribution in [0.3, 0.4) is 0 Å². The number of halogens is 1. The Hall–Kier alpha value is -0.380. The first-order chi connectivity index (χ1) is 7.68. The fourth-order valence-electron chi connectivity index (χ4n) is 2.14. The monoisotopic (exact) mass is 284 g/mol. The third-order valence-electron chi connectivity index (χ3n) is 3.17. The van der Waals surface area contributed by atoms with Crippen LogP contribution in [0, 0.1) is 12.8 Å². The molecule has 88 valence electrons. The molecule has 2 nitrogen and oxygen atoms in total. The van der Waals surface area contributed by atoms with E-state index in [0.717, 1.165) is 35.0 Å². The van der Waals surface area contributed by atoms with Gasteiger partial charge in [-0.2, -0.15) is 0 Å². The molecule has 1 aliphatic rings. The molecule has 0 saturated carbocycles. The minimum absolute atomic E-state index is 0.245. The summed E-state index contributed by atoms with van der Waals surface area (Å²) in [4.78, 5) is 0. The summed E-state index contributed by atoms with van der Waals surface area (Å²) in [5.41, 5.74) is 2.16. The Bertz CT molecular complexity index is 359. The fraction of sp³-hybridized carbons (Fsp3) is 0.538. The van der Waals surface area contributed by atoms with Crippen LogP contribution >= 0.6 is 15.9 Å². The van der Waals surface area contributed by atoms with E-state index in [4.69, 9.17) is 4.74 Å². The Balaban J connectivity index is 2.12. The smallest absolute Gasteiger partial charge is 0.0840 e. The van der Waals surface area contributed by atoms with Gasteiger partial charge in [0.05, 0.1) is 12.7 Å². The average molecular weight is 285 g/mol. The molecular weight excluding hydrogens is 268 g/mol. The molecule has 1 fully saturated rings. The van der Waals surface area contributed by atoms with Crippen molar-refractivity contribution < 1.29 is 9.84 Å². The van der Waals surface area contributed by atoms with Crippen LogP contribution < -0.4 is 0 Å². The van der Waals surface area contributed by atoms with Gasteiger partial charge in [0.15, 0.2) is 0 Å². The van der Waals surface area contributed by atoms with E-state index in [1.807, 2.05) is 25.1 Å². The minimum atomic E-state index is -0.396. The van der Waals surface area contributed by atoms with Gasteiger partial charge in [-0.05, 0) is 37.0 Å². The number of ether oxygens (including phenoxy) is 1. The maximum Gasteiger partial charge on any atom is 0.0840 e. The summed E-state index contributed by atoms with van der Waals surface area (Å²) < 4.78 is 6.50. The van der Waals surface area contributed by atoms with Crippen molar-refractivity contribution in [3.05, 3.63) is 33.8 Å². The van der Waals surface area contributed by atoms with E-state index >= 15 is 0 Å². The molecule has 0 aliphatic carbocycles. The molecule has 0 amide bonds. The molecule has 2 atom stereocenters. The zero-order valence-corrected chi connectivity index (χ0v) is 11.0. The largest absolute Gasteiger partial charge is 0.388 e. The normalized spacial score (nSPS) is 23.1. The molecule has 1 N–H and O–H groups in total. The third kappa shape index (κ3) is 2.65. The first kappa shape index (κ1) is 12.1. The van der Waals surface area contributed by atoms with Crippen molar-refractivity contribution in [3.63, 3.8) is 0 Å². The number of hydrogen-bond donors (Lipinski definition) is 1. The zero-order chi connectivity index (χ0) is 11.5. The van der Waals surface area contributed by atoms with Crippen molar-refractivity contribution >= 4 is 15.9 Å². The topological polar surface area (TPSA) is 29.5 Å².